The summed E-state index contributed by atoms with van der Waals surface area (Å²) in [7, 11) is 0. The van der Waals surface area contributed by atoms with Gasteiger partial charge in [-0.15, -0.1) is 0 Å². The monoisotopic (exact) mass is 368 g/mol. The number of aliphatic imine (C=N–C) groups is 1. The lowest BCUT2D eigenvalue weighted by atomic mass is 10.1. The Hall–Kier alpha value is -3.68. The van der Waals surface area contributed by atoms with E-state index in [2.05, 4.69) is 4.99 Å². The highest BCUT2D eigenvalue weighted by molar-refractivity contribution is 6.22. The number of non-ortho nitro benzene ring substituents is 1. The molecule has 1 aliphatic heterocycles. The minimum absolute atomic E-state index is 0.0218. The molecule has 8 heteroatoms. The summed E-state index contributed by atoms with van der Waals surface area (Å²) >= 11 is 0. The number of aliphatic hydroxyl groups is 1. The summed E-state index contributed by atoms with van der Waals surface area (Å²) in [6.07, 6.45) is 1.48. The minimum atomic E-state index is -0.642. The first kappa shape index (κ1) is 18.1. The Kier molecular flexibility index (Phi) is 4.89. The van der Waals surface area contributed by atoms with Crippen molar-refractivity contribution in [3.05, 3.63) is 69.3 Å². The number of carbonyl (C=O) groups is 1. The van der Waals surface area contributed by atoms with Crippen LogP contribution in [0, 0.1) is 10.1 Å². The van der Waals surface area contributed by atoms with Crippen molar-refractivity contribution in [1.82, 2.24) is 0 Å². The summed E-state index contributed by atoms with van der Waals surface area (Å²) in [5.41, 5.74) is 1.05. The van der Waals surface area contributed by atoms with Gasteiger partial charge in [-0.25, -0.2) is 9.79 Å². The highest BCUT2D eigenvalue weighted by atomic mass is 16.6. The highest BCUT2D eigenvalue weighted by Gasteiger charge is 2.27. The van der Waals surface area contributed by atoms with Crippen LogP contribution in [0.2, 0.25) is 0 Å². The molecule has 0 unspecified atom stereocenters. The van der Waals surface area contributed by atoms with E-state index in [4.69, 9.17) is 9.15 Å². The molecule has 0 bridgehead atoms. The van der Waals surface area contributed by atoms with E-state index >= 15 is 0 Å². The van der Waals surface area contributed by atoms with Gasteiger partial charge in [0.05, 0.1) is 17.2 Å². The lowest BCUT2D eigenvalue weighted by molar-refractivity contribution is -0.384. The van der Waals surface area contributed by atoms with Crippen molar-refractivity contribution in [2.45, 2.75) is 13.8 Å². The molecule has 1 aromatic carbocycles. The maximum atomic E-state index is 11.9. The van der Waals surface area contributed by atoms with Crippen molar-refractivity contribution >= 4 is 23.4 Å². The van der Waals surface area contributed by atoms with Crippen LogP contribution in [0.1, 0.15) is 19.6 Å². The summed E-state index contributed by atoms with van der Waals surface area (Å²) in [4.78, 5) is 26.5. The zero-order chi connectivity index (χ0) is 19.6. The molecule has 2 aromatic rings. The number of hydrogen-bond donors (Lipinski definition) is 1. The molecule has 0 fully saturated rings. The van der Waals surface area contributed by atoms with Crippen molar-refractivity contribution in [2.24, 2.45) is 4.99 Å². The van der Waals surface area contributed by atoms with Gasteiger partial charge in [0.25, 0.3) is 5.69 Å². The topological polar surface area (TPSA) is 115 Å². The Bertz CT molecular complexity index is 1010. The van der Waals surface area contributed by atoms with E-state index in [0.29, 0.717) is 22.8 Å². The molecule has 3 rings (SSSR count). The predicted molar refractivity (Wildman–Crippen MR) is 98.2 cm³/mol. The second-order valence-electron chi connectivity index (χ2n) is 5.68. The molecule has 1 aromatic heterocycles. The van der Waals surface area contributed by atoms with Gasteiger partial charge >= 0.3 is 5.97 Å². The maximum absolute atomic E-state index is 11.9. The van der Waals surface area contributed by atoms with Gasteiger partial charge in [-0.05, 0) is 26.0 Å². The molecule has 0 radical (unpaired) electrons. The Morgan fingerprint density at radius 2 is 2.15 bits per heavy atom. The Labute approximate surface area is 154 Å². The fourth-order valence-electron chi connectivity index (χ4n) is 2.63. The molecule has 0 saturated carbocycles. The number of nitro groups is 1. The summed E-state index contributed by atoms with van der Waals surface area (Å²) in [6.45, 7) is 3.46. The van der Waals surface area contributed by atoms with Gasteiger partial charge in [0, 0.05) is 23.8 Å². The number of furan rings is 1. The number of carbonyl (C=O) groups excluding carboxylic acids is 1. The fraction of sp³-hybridized carbons (Fsp3) is 0.158. The van der Waals surface area contributed by atoms with Gasteiger partial charge in [-0.2, -0.15) is 0 Å². The van der Waals surface area contributed by atoms with Crippen LogP contribution in [0.4, 0.5) is 5.69 Å². The standard InChI is InChI=1S/C19H16N2O6/c1-3-26-19(23)17-11(2)20-15(18(17)22)10-14-7-8-16(27-14)12-5-4-6-13(9-12)21(24)25/h4-10,22H,3H2,1-2H3/b15-10+. The average Bonchev–Trinajstić information content (AvgIpc) is 3.20. The number of benzene rings is 1. The molecule has 0 spiro atoms. The van der Waals surface area contributed by atoms with Crippen molar-refractivity contribution in [1.29, 1.82) is 0 Å². The Morgan fingerprint density at radius 3 is 2.85 bits per heavy atom. The van der Waals surface area contributed by atoms with Crippen LogP contribution in [-0.2, 0) is 9.53 Å². The van der Waals surface area contributed by atoms with Crippen LogP contribution in [0.15, 0.2) is 62.8 Å². The first-order chi connectivity index (χ1) is 12.9. The zero-order valence-electron chi connectivity index (χ0n) is 14.6. The molecule has 138 valence electrons. The summed E-state index contributed by atoms with van der Waals surface area (Å²) in [6, 6.07) is 9.36. The van der Waals surface area contributed by atoms with E-state index in [1.165, 1.54) is 18.2 Å². The van der Waals surface area contributed by atoms with Gasteiger partial charge < -0.3 is 14.3 Å². The normalized spacial score (nSPS) is 15.2. The number of esters is 1. The quantitative estimate of drug-likeness (QED) is 0.484. The van der Waals surface area contributed by atoms with Crippen molar-refractivity contribution < 1.29 is 24.0 Å². The van der Waals surface area contributed by atoms with Gasteiger partial charge in [0.1, 0.15) is 22.8 Å². The number of ether oxygens (including phenoxy) is 1. The van der Waals surface area contributed by atoms with Gasteiger partial charge in [0.15, 0.2) is 5.76 Å². The second kappa shape index (κ2) is 7.28. The van der Waals surface area contributed by atoms with Gasteiger partial charge in [-0.3, -0.25) is 10.1 Å². The maximum Gasteiger partial charge on any atom is 0.343 e. The summed E-state index contributed by atoms with van der Waals surface area (Å²) < 4.78 is 10.6. The van der Waals surface area contributed by atoms with E-state index in [1.807, 2.05) is 0 Å². The smallest absolute Gasteiger partial charge is 0.343 e. The Balaban J connectivity index is 1.91. The number of rotatable bonds is 5. The third kappa shape index (κ3) is 3.64. The molecule has 0 amide bonds. The van der Waals surface area contributed by atoms with Crippen LogP contribution in [-0.4, -0.2) is 28.3 Å². The molecule has 1 N–H and O–H groups in total. The molecular weight excluding hydrogens is 352 g/mol. The SMILES string of the molecule is CCOC(=O)C1=C(O)/C(=C\c2ccc(-c3cccc([N+](=O)[O-])c3)o2)N=C1C. The summed E-state index contributed by atoms with van der Waals surface area (Å²) in [5.74, 6) is -0.117. The van der Waals surface area contributed by atoms with Crippen molar-refractivity contribution in [2.75, 3.05) is 6.61 Å². The van der Waals surface area contributed by atoms with E-state index in [0.717, 1.165) is 0 Å². The molecule has 2 heterocycles. The molecule has 0 aliphatic carbocycles. The largest absolute Gasteiger partial charge is 0.505 e. The highest BCUT2D eigenvalue weighted by Crippen LogP contribution is 2.30. The third-order valence-corrected chi connectivity index (χ3v) is 3.86. The van der Waals surface area contributed by atoms with Crippen molar-refractivity contribution in [3.8, 4) is 11.3 Å². The number of aliphatic hydroxyl groups excluding tert-OH is 1. The summed E-state index contributed by atoms with van der Waals surface area (Å²) in [5, 5.41) is 21.2. The molecule has 1 aliphatic rings. The van der Waals surface area contributed by atoms with Crippen LogP contribution in [0.5, 0.6) is 0 Å². The lowest BCUT2D eigenvalue weighted by Gasteiger charge is -2.02. The van der Waals surface area contributed by atoms with Crippen molar-refractivity contribution in [3.63, 3.8) is 0 Å². The van der Waals surface area contributed by atoms with Crippen LogP contribution in [0.25, 0.3) is 17.4 Å². The number of nitrogens with zero attached hydrogens (tertiary/aromatic N) is 2. The predicted octanol–water partition coefficient (Wildman–Crippen LogP) is 4.05. The molecule has 0 atom stereocenters. The molecule has 0 saturated heterocycles. The van der Waals surface area contributed by atoms with E-state index in [9.17, 15) is 20.0 Å². The van der Waals surface area contributed by atoms with E-state index in [1.54, 1.807) is 38.1 Å². The molecule has 27 heavy (non-hydrogen) atoms. The van der Waals surface area contributed by atoms with E-state index in [-0.39, 0.29) is 29.3 Å². The van der Waals surface area contributed by atoms with Crippen LogP contribution >= 0.6 is 0 Å². The zero-order valence-corrected chi connectivity index (χ0v) is 14.6. The first-order valence-electron chi connectivity index (χ1n) is 8.13. The number of hydrogen-bond acceptors (Lipinski definition) is 7. The second-order valence-corrected chi connectivity index (χ2v) is 5.68. The first-order valence-corrected chi connectivity index (χ1v) is 8.13. The average molecular weight is 368 g/mol. The molecule has 8 nitrogen and oxygen atoms in total. The lowest BCUT2D eigenvalue weighted by Crippen LogP contribution is -2.13. The van der Waals surface area contributed by atoms with Gasteiger partial charge in [-0.1, -0.05) is 12.1 Å². The fourth-order valence-corrected chi connectivity index (χ4v) is 2.63. The van der Waals surface area contributed by atoms with Crippen LogP contribution < -0.4 is 0 Å². The minimum Gasteiger partial charge on any atom is -0.505 e. The van der Waals surface area contributed by atoms with Gasteiger partial charge in [0.2, 0.25) is 0 Å². The third-order valence-electron chi connectivity index (χ3n) is 3.86. The number of nitro benzene ring substituents is 1. The Morgan fingerprint density at radius 1 is 1.37 bits per heavy atom. The van der Waals surface area contributed by atoms with E-state index < -0.39 is 10.9 Å². The molecular formula is C19H16N2O6. The van der Waals surface area contributed by atoms with Crippen LogP contribution in [0.3, 0.4) is 0 Å².